The first-order valence-corrected chi connectivity index (χ1v) is 10.6. The fourth-order valence-electron chi connectivity index (χ4n) is 5.30. The topological polar surface area (TPSA) is 54.2 Å². The molecule has 0 aliphatic heterocycles. The van der Waals surface area contributed by atoms with Gasteiger partial charge in [0.05, 0.1) is 17.5 Å². The van der Waals surface area contributed by atoms with E-state index in [-0.39, 0.29) is 6.10 Å². The standard InChI is InChI=1S/C24H28N4O/c1-27(22-11-18-13-23(29)14-19(18)12-22)15-20-16-28(21-5-3-2-4-6-21)26-24(20)17-7-9-25-10-8-17/h2-10,16,18-19,22-23,29H,11-15H2,1H3/t18-,19+,22?,23?. The van der Waals surface area contributed by atoms with Crippen molar-refractivity contribution >= 4 is 0 Å². The van der Waals surface area contributed by atoms with Crippen LogP contribution in [0.3, 0.4) is 0 Å². The molecule has 4 atom stereocenters. The van der Waals surface area contributed by atoms with Crippen molar-refractivity contribution in [3.8, 4) is 16.9 Å². The normalized spacial score (nSPS) is 26.2. The summed E-state index contributed by atoms with van der Waals surface area (Å²) in [5, 5.41) is 14.9. The average molecular weight is 389 g/mol. The smallest absolute Gasteiger partial charge is 0.0973 e. The number of rotatable bonds is 5. The molecule has 150 valence electrons. The van der Waals surface area contributed by atoms with E-state index in [2.05, 4.69) is 35.3 Å². The number of nitrogens with zero attached hydrogens (tertiary/aromatic N) is 4. The lowest BCUT2D eigenvalue weighted by molar-refractivity contribution is 0.158. The van der Waals surface area contributed by atoms with Gasteiger partial charge in [-0.2, -0.15) is 5.10 Å². The van der Waals surface area contributed by atoms with E-state index in [0.29, 0.717) is 17.9 Å². The van der Waals surface area contributed by atoms with E-state index in [0.717, 1.165) is 36.3 Å². The van der Waals surface area contributed by atoms with E-state index in [9.17, 15) is 5.11 Å². The van der Waals surface area contributed by atoms with Crippen LogP contribution in [0.25, 0.3) is 16.9 Å². The Morgan fingerprint density at radius 2 is 1.69 bits per heavy atom. The number of pyridine rings is 1. The molecule has 2 heterocycles. The second kappa shape index (κ2) is 7.73. The molecule has 3 aromatic rings. The lowest BCUT2D eigenvalue weighted by Gasteiger charge is -2.25. The molecule has 0 bridgehead atoms. The van der Waals surface area contributed by atoms with Crippen molar-refractivity contribution < 1.29 is 5.11 Å². The van der Waals surface area contributed by atoms with E-state index >= 15 is 0 Å². The van der Waals surface area contributed by atoms with Crippen molar-refractivity contribution in [2.45, 2.75) is 44.4 Å². The van der Waals surface area contributed by atoms with Gasteiger partial charge < -0.3 is 5.11 Å². The summed E-state index contributed by atoms with van der Waals surface area (Å²) in [5.41, 5.74) is 4.43. The molecule has 5 heteroatoms. The number of hydrogen-bond donors (Lipinski definition) is 1. The Labute approximate surface area is 172 Å². The summed E-state index contributed by atoms with van der Waals surface area (Å²) in [6.45, 7) is 0.872. The zero-order valence-electron chi connectivity index (χ0n) is 16.9. The number of aromatic nitrogens is 3. The van der Waals surface area contributed by atoms with Gasteiger partial charge in [-0.3, -0.25) is 9.88 Å². The second-order valence-electron chi connectivity index (χ2n) is 8.70. The number of benzene rings is 1. The first-order chi connectivity index (χ1) is 14.2. The molecule has 0 radical (unpaired) electrons. The number of para-hydroxylation sites is 1. The number of fused-ring (bicyclic) bond motifs is 1. The van der Waals surface area contributed by atoms with Gasteiger partial charge in [0.25, 0.3) is 0 Å². The molecule has 2 fully saturated rings. The van der Waals surface area contributed by atoms with E-state index in [1.165, 1.54) is 18.4 Å². The quantitative estimate of drug-likeness (QED) is 0.720. The van der Waals surface area contributed by atoms with Crippen molar-refractivity contribution in [1.82, 2.24) is 19.7 Å². The summed E-state index contributed by atoms with van der Waals surface area (Å²) >= 11 is 0. The number of aliphatic hydroxyl groups is 1. The van der Waals surface area contributed by atoms with Gasteiger partial charge in [0.1, 0.15) is 0 Å². The van der Waals surface area contributed by atoms with E-state index in [4.69, 9.17) is 5.10 Å². The lowest BCUT2D eigenvalue weighted by atomic mass is 10.0. The second-order valence-corrected chi connectivity index (χ2v) is 8.70. The molecule has 2 unspecified atom stereocenters. The fraction of sp³-hybridized carbons (Fsp3) is 0.417. The van der Waals surface area contributed by atoms with Crippen molar-refractivity contribution in [3.05, 3.63) is 66.6 Å². The molecule has 1 N–H and O–H groups in total. The lowest BCUT2D eigenvalue weighted by Crippen LogP contribution is -2.30. The molecule has 5 rings (SSSR count). The average Bonchev–Trinajstić information content (AvgIpc) is 3.42. The monoisotopic (exact) mass is 388 g/mol. The minimum Gasteiger partial charge on any atom is -0.393 e. The summed E-state index contributed by atoms with van der Waals surface area (Å²) in [4.78, 5) is 6.65. The summed E-state index contributed by atoms with van der Waals surface area (Å²) < 4.78 is 1.98. The van der Waals surface area contributed by atoms with Crippen LogP contribution in [-0.2, 0) is 6.54 Å². The highest BCUT2D eigenvalue weighted by Gasteiger charge is 2.42. The Balaban J connectivity index is 1.41. The zero-order chi connectivity index (χ0) is 19.8. The van der Waals surface area contributed by atoms with Crippen LogP contribution < -0.4 is 0 Å². The van der Waals surface area contributed by atoms with Gasteiger partial charge in [0, 0.05) is 42.3 Å². The molecule has 0 spiro atoms. The van der Waals surface area contributed by atoms with Crippen molar-refractivity contribution in [2.75, 3.05) is 7.05 Å². The third kappa shape index (κ3) is 3.72. The Kier molecular flexibility index (Phi) is 4.94. The van der Waals surface area contributed by atoms with Gasteiger partial charge in [-0.05, 0) is 68.8 Å². The van der Waals surface area contributed by atoms with E-state index in [1.807, 2.05) is 47.4 Å². The van der Waals surface area contributed by atoms with Crippen LogP contribution in [0.15, 0.2) is 61.1 Å². The van der Waals surface area contributed by atoms with Crippen LogP contribution in [-0.4, -0.2) is 44.0 Å². The van der Waals surface area contributed by atoms with Crippen LogP contribution in [0.2, 0.25) is 0 Å². The van der Waals surface area contributed by atoms with E-state index < -0.39 is 0 Å². The van der Waals surface area contributed by atoms with Gasteiger partial charge in [0.2, 0.25) is 0 Å². The highest BCUT2D eigenvalue weighted by Crippen LogP contribution is 2.45. The largest absolute Gasteiger partial charge is 0.393 e. The van der Waals surface area contributed by atoms with E-state index in [1.54, 1.807) is 0 Å². The maximum absolute atomic E-state index is 9.94. The van der Waals surface area contributed by atoms with Gasteiger partial charge in [-0.25, -0.2) is 4.68 Å². The fourth-order valence-corrected chi connectivity index (χ4v) is 5.30. The van der Waals surface area contributed by atoms with Crippen LogP contribution in [0.1, 0.15) is 31.2 Å². The molecular weight excluding hydrogens is 360 g/mol. The molecule has 29 heavy (non-hydrogen) atoms. The third-order valence-electron chi connectivity index (χ3n) is 6.77. The Morgan fingerprint density at radius 1 is 1.00 bits per heavy atom. The third-order valence-corrected chi connectivity index (χ3v) is 6.77. The van der Waals surface area contributed by atoms with Crippen molar-refractivity contribution in [1.29, 1.82) is 0 Å². The van der Waals surface area contributed by atoms with Crippen LogP contribution >= 0.6 is 0 Å². The van der Waals surface area contributed by atoms with Gasteiger partial charge >= 0.3 is 0 Å². The Hall–Kier alpha value is -2.50. The van der Waals surface area contributed by atoms with Gasteiger partial charge in [-0.1, -0.05) is 18.2 Å². The molecule has 0 amide bonds. The summed E-state index contributed by atoms with van der Waals surface area (Å²) in [6, 6.07) is 14.9. The molecule has 2 saturated carbocycles. The molecule has 2 aliphatic carbocycles. The summed E-state index contributed by atoms with van der Waals surface area (Å²) in [7, 11) is 2.23. The summed E-state index contributed by atoms with van der Waals surface area (Å²) in [5.74, 6) is 1.40. The number of hydrogen-bond acceptors (Lipinski definition) is 4. The Bertz CT molecular complexity index is 942. The van der Waals surface area contributed by atoms with Crippen LogP contribution in [0, 0.1) is 11.8 Å². The molecule has 2 aliphatic rings. The van der Waals surface area contributed by atoms with Crippen molar-refractivity contribution in [3.63, 3.8) is 0 Å². The van der Waals surface area contributed by atoms with Crippen LogP contribution in [0.4, 0.5) is 0 Å². The molecule has 5 nitrogen and oxygen atoms in total. The van der Waals surface area contributed by atoms with Crippen LogP contribution in [0.5, 0.6) is 0 Å². The Morgan fingerprint density at radius 3 is 2.38 bits per heavy atom. The van der Waals surface area contributed by atoms with Gasteiger partial charge in [0.15, 0.2) is 0 Å². The first-order valence-electron chi connectivity index (χ1n) is 10.6. The summed E-state index contributed by atoms with van der Waals surface area (Å²) in [6.07, 6.45) is 10.1. The molecule has 0 saturated heterocycles. The number of aliphatic hydroxyl groups excluding tert-OH is 1. The zero-order valence-corrected chi connectivity index (χ0v) is 16.9. The molecule has 1 aromatic carbocycles. The molecular formula is C24H28N4O. The minimum atomic E-state index is -0.0707. The highest BCUT2D eigenvalue weighted by molar-refractivity contribution is 5.62. The highest BCUT2D eigenvalue weighted by atomic mass is 16.3. The predicted octanol–water partition coefficient (Wildman–Crippen LogP) is 3.92. The van der Waals surface area contributed by atoms with Gasteiger partial charge in [-0.15, -0.1) is 0 Å². The van der Waals surface area contributed by atoms with Crippen molar-refractivity contribution in [2.24, 2.45) is 11.8 Å². The maximum Gasteiger partial charge on any atom is 0.0973 e. The first kappa shape index (κ1) is 18.5. The minimum absolute atomic E-state index is 0.0707. The maximum atomic E-state index is 9.94. The predicted molar refractivity (Wildman–Crippen MR) is 114 cm³/mol. The SMILES string of the molecule is CN(Cc1cn(-c2ccccc2)nc1-c1ccncc1)C1C[C@H]2CC(O)C[C@H]2C1. The molecule has 2 aromatic heterocycles.